The maximum absolute atomic E-state index is 13.5. The van der Waals surface area contributed by atoms with Crippen LogP contribution in [0, 0.1) is 6.92 Å². The zero-order valence-electron chi connectivity index (χ0n) is 15.8. The Balaban J connectivity index is 1.99. The van der Waals surface area contributed by atoms with Gasteiger partial charge in [-0.25, -0.2) is 13.4 Å². The van der Waals surface area contributed by atoms with Crippen LogP contribution in [0.4, 0.5) is 5.69 Å². The molecular formula is C22H25N2O2S+. The van der Waals surface area contributed by atoms with Crippen molar-refractivity contribution in [3.63, 3.8) is 0 Å². The van der Waals surface area contributed by atoms with Gasteiger partial charge in [-0.3, -0.25) is 0 Å². The highest BCUT2D eigenvalue weighted by Gasteiger charge is 2.30. The first-order valence-electron chi connectivity index (χ1n) is 9.55. The summed E-state index contributed by atoms with van der Waals surface area (Å²) in [6.45, 7) is 5.87. The van der Waals surface area contributed by atoms with Crippen molar-refractivity contribution in [2.75, 3.05) is 18.0 Å². The molecule has 1 aliphatic rings. The fourth-order valence-corrected chi connectivity index (χ4v) is 5.25. The number of sulfone groups is 1. The fraction of sp³-hybridized carbons (Fsp3) is 0.318. The maximum atomic E-state index is 13.5. The van der Waals surface area contributed by atoms with Crippen molar-refractivity contribution in [1.29, 1.82) is 0 Å². The highest BCUT2D eigenvalue weighted by Crippen LogP contribution is 2.36. The molecule has 1 fully saturated rings. The number of benzene rings is 2. The summed E-state index contributed by atoms with van der Waals surface area (Å²) >= 11 is 0. The molecule has 4 rings (SSSR count). The largest absolute Gasteiger partial charge is 0.370 e. The highest BCUT2D eigenvalue weighted by molar-refractivity contribution is 7.91. The Bertz CT molecular complexity index is 1080. The fourth-order valence-electron chi connectivity index (χ4n) is 3.79. The molecule has 0 unspecified atom stereocenters. The van der Waals surface area contributed by atoms with Gasteiger partial charge in [-0.2, -0.15) is 0 Å². The van der Waals surface area contributed by atoms with Crippen LogP contribution in [-0.2, 0) is 16.3 Å². The minimum Gasteiger partial charge on any atom is -0.370 e. The van der Waals surface area contributed by atoms with Crippen LogP contribution in [0.1, 0.15) is 30.9 Å². The van der Waals surface area contributed by atoms with E-state index in [1.54, 1.807) is 18.3 Å². The van der Waals surface area contributed by atoms with Crippen molar-refractivity contribution in [3.8, 4) is 0 Å². The summed E-state index contributed by atoms with van der Waals surface area (Å²) < 4.78 is 26.9. The van der Waals surface area contributed by atoms with Gasteiger partial charge in [-0.05, 0) is 49.9 Å². The van der Waals surface area contributed by atoms with Crippen LogP contribution in [0.5, 0.6) is 0 Å². The molecule has 2 heterocycles. The molecule has 4 nitrogen and oxygen atoms in total. The van der Waals surface area contributed by atoms with E-state index < -0.39 is 9.84 Å². The molecule has 2 aromatic carbocycles. The topological polar surface area (TPSA) is 51.5 Å². The molecule has 1 aliphatic heterocycles. The zero-order valence-corrected chi connectivity index (χ0v) is 16.6. The van der Waals surface area contributed by atoms with Crippen molar-refractivity contribution in [3.05, 3.63) is 59.8 Å². The van der Waals surface area contributed by atoms with E-state index in [-0.39, 0.29) is 0 Å². The first-order valence-corrected chi connectivity index (χ1v) is 11.0. The summed E-state index contributed by atoms with van der Waals surface area (Å²) in [6.07, 6.45) is 4.77. The molecule has 0 bridgehead atoms. The van der Waals surface area contributed by atoms with E-state index in [0.717, 1.165) is 54.5 Å². The molecule has 0 amide bonds. The predicted octanol–water partition coefficient (Wildman–Crippen LogP) is 3.96. The normalized spacial score (nSPS) is 14.8. The molecule has 0 spiro atoms. The van der Waals surface area contributed by atoms with Gasteiger partial charge in [0, 0.05) is 19.2 Å². The number of hydrogen-bond acceptors (Lipinski definition) is 3. The summed E-state index contributed by atoms with van der Waals surface area (Å²) in [5.41, 5.74) is 4.07. The number of nitrogens with one attached hydrogen (secondary N) is 1. The van der Waals surface area contributed by atoms with Gasteiger partial charge in [-0.1, -0.05) is 30.7 Å². The van der Waals surface area contributed by atoms with E-state index in [0.29, 0.717) is 9.79 Å². The number of H-pyrrole nitrogens is 1. The van der Waals surface area contributed by atoms with Crippen LogP contribution >= 0.6 is 0 Å². The van der Waals surface area contributed by atoms with Crippen molar-refractivity contribution in [2.45, 2.75) is 42.9 Å². The quantitative estimate of drug-likeness (QED) is 0.687. The van der Waals surface area contributed by atoms with Crippen LogP contribution in [-0.4, -0.2) is 21.5 Å². The summed E-state index contributed by atoms with van der Waals surface area (Å²) in [6, 6.07) is 13.4. The minimum absolute atomic E-state index is 0.341. The Hall–Kier alpha value is -2.40. The number of rotatable bonds is 4. The van der Waals surface area contributed by atoms with E-state index in [2.05, 4.69) is 35.0 Å². The molecule has 5 heteroatoms. The minimum atomic E-state index is -3.61. The Kier molecular flexibility index (Phi) is 4.64. The van der Waals surface area contributed by atoms with E-state index in [1.165, 1.54) is 5.56 Å². The molecule has 0 saturated carbocycles. The molecular weight excluding hydrogens is 356 g/mol. The number of nitrogens with zero attached hydrogens (tertiary/aromatic N) is 1. The second-order valence-electron chi connectivity index (χ2n) is 7.25. The predicted molar refractivity (Wildman–Crippen MR) is 108 cm³/mol. The number of aryl methyl sites for hydroxylation is 2. The third kappa shape index (κ3) is 3.21. The number of hydrogen-bond donors (Lipinski definition) is 0. The van der Waals surface area contributed by atoms with E-state index in [9.17, 15) is 8.42 Å². The first-order chi connectivity index (χ1) is 13.0. The second-order valence-corrected chi connectivity index (χ2v) is 9.16. The van der Waals surface area contributed by atoms with Crippen molar-refractivity contribution < 1.29 is 13.4 Å². The van der Waals surface area contributed by atoms with Crippen LogP contribution < -0.4 is 9.88 Å². The smallest absolute Gasteiger partial charge is 0.214 e. The van der Waals surface area contributed by atoms with Crippen molar-refractivity contribution in [2.24, 2.45) is 0 Å². The number of anilines is 1. The lowest BCUT2D eigenvalue weighted by Gasteiger charge is -2.21. The second kappa shape index (κ2) is 6.97. The average Bonchev–Trinajstić information content (AvgIpc) is 3.21. The Labute approximate surface area is 160 Å². The van der Waals surface area contributed by atoms with Gasteiger partial charge in [0.25, 0.3) is 0 Å². The summed E-state index contributed by atoms with van der Waals surface area (Å²) in [5, 5.41) is 0.990. The highest BCUT2D eigenvalue weighted by atomic mass is 32.2. The van der Waals surface area contributed by atoms with Gasteiger partial charge >= 0.3 is 0 Å². The molecule has 3 aromatic rings. The molecule has 27 heavy (non-hydrogen) atoms. The van der Waals surface area contributed by atoms with Crippen molar-refractivity contribution in [1.82, 2.24) is 0 Å². The third-order valence-electron chi connectivity index (χ3n) is 5.38. The lowest BCUT2D eigenvalue weighted by molar-refractivity contribution is -0.347. The van der Waals surface area contributed by atoms with Crippen LogP contribution in [0.2, 0.25) is 0 Å². The molecule has 1 aromatic heterocycles. The number of aromatic amines is 1. The number of aromatic nitrogens is 1. The Morgan fingerprint density at radius 1 is 1.04 bits per heavy atom. The molecule has 0 atom stereocenters. The summed E-state index contributed by atoms with van der Waals surface area (Å²) in [4.78, 5) is 6.16. The van der Waals surface area contributed by atoms with E-state index in [1.807, 2.05) is 19.1 Å². The monoisotopic (exact) mass is 381 g/mol. The van der Waals surface area contributed by atoms with Crippen LogP contribution in [0.3, 0.4) is 0 Å². The Morgan fingerprint density at radius 3 is 2.41 bits per heavy atom. The molecule has 1 saturated heterocycles. The average molecular weight is 382 g/mol. The van der Waals surface area contributed by atoms with Gasteiger partial charge in [0.15, 0.2) is 11.1 Å². The van der Waals surface area contributed by atoms with Gasteiger partial charge in [0.2, 0.25) is 15.4 Å². The lowest BCUT2D eigenvalue weighted by Crippen LogP contribution is -2.23. The van der Waals surface area contributed by atoms with Gasteiger partial charge in [-0.15, -0.1) is 0 Å². The van der Waals surface area contributed by atoms with E-state index >= 15 is 0 Å². The molecule has 1 N–H and O–H groups in total. The van der Waals surface area contributed by atoms with Gasteiger partial charge in [0.1, 0.15) is 0 Å². The van der Waals surface area contributed by atoms with E-state index in [4.69, 9.17) is 0 Å². The third-order valence-corrected chi connectivity index (χ3v) is 7.17. The first kappa shape index (κ1) is 18.0. The number of fused-ring (bicyclic) bond motifs is 1. The van der Waals surface area contributed by atoms with Crippen molar-refractivity contribution >= 4 is 26.4 Å². The lowest BCUT2D eigenvalue weighted by atomic mass is 10.1. The molecule has 0 aliphatic carbocycles. The molecule has 140 valence electrons. The van der Waals surface area contributed by atoms with Crippen LogP contribution in [0.15, 0.2) is 58.5 Å². The van der Waals surface area contributed by atoms with Crippen LogP contribution in [0.25, 0.3) is 10.9 Å². The van der Waals surface area contributed by atoms with Gasteiger partial charge < -0.3 is 4.90 Å². The standard InChI is InChI=1S/C22H24N2O2S/c1-3-17-8-11-20-19(14-17)22(24-12-4-5-13-24)21(15-23-20)27(25,26)18-9-6-16(2)7-10-18/h6-11,14-15H,3-5,12-13H2,1-2H3/p+1. The maximum Gasteiger partial charge on any atom is 0.214 e. The van der Waals surface area contributed by atoms with Gasteiger partial charge in [0.05, 0.1) is 16.0 Å². The SMILES string of the molecule is CCc1ccc2[nH+]cc(S(=O)(=O)c3ccc(C)cc3)c(N3CCCC3)c2c1. The summed E-state index contributed by atoms with van der Waals surface area (Å²) in [5.74, 6) is 0. The zero-order chi connectivity index (χ0) is 19.0. The summed E-state index contributed by atoms with van der Waals surface area (Å²) in [7, 11) is -3.61. The number of pyridine rings is 1. The Morgan fingerprint density at radius 2 is 1.74 bits per heavy atom. The molecule has 0 radical (unpaired) electrons.